The minimum Gasteiger partial charge on any atom is -0.394 e. The summed E-state index contributed by atoms with van der Waals surface area (Å²) in [6, 6.07) is -0.633. The topological polar surface area (TPSA) is 69.6 Å². The second-order valence-corrected chi connectivity index (χ2v) is 16.9. The molecule has 0 bridgehead atoms. The maximum absolute atomic E-state index is 12.4. The van der Waals surface area contributed by atoms with E-state index in [0.717, 1.165) is 32.1 Å². The van der Waals surface area contributed by atoms with E-state index in [1.807, 2.05) is 6.08 Å². The lowest BCUT2D eigenvalue weighted by Gasteiger charge is -2.19. The van der Waals surface area contributed by atoms with E-state index in [9.17, 15) is 15.0 Å². The summed E-state index contributed by atoms with van der Waals surface area (Å²) < 4.78 is 0. The molecule has 0 saturated carbocycles. The van der Waals surface area contributed by atoms with Gasteiger partial charge in [-0.15, -0.1) is 0 Å². The molecule has 0 aliphatic carbocycles. The smallest absolute Gasteiger partial charge is 0.220 e. The first-order chi connectivity index (χ1) is 26.7. The summed E-state index contributed by atoms with van der Waals surface area (Å²) in [5.74, 6) is -0.0712. The Morgan fingerprint density at radius 1 is 0.426 bits per heavy atom. The summed E-state index contributed by atoms with van der Waals surface area (Å²) in [6.07, 6.45) is 60.5. The molecule has 0 aliphatic rings. The number of unbranched alkanes of at least 4 members (excludes halogenated alkanes) is 36. The molecular formula is C50H97NO3. The van der Waals surface area contributed by atoms with Crippen LogP contribution in [0.4, 0.5) is 0 Å². The SMILES string of the molecule is CCCCCC/C=C/CC/C=C/C(O)C(CO)NC(=O)CCCCCCCCCCCCCCCCCCCCCCCCCCCCCCCCCC. The van der Waals surface area contributed by atoms with E-state index < -0.39 is 12.1 Å². The molecule has 0 heterocycles. The van der Waals surface area contributed by atoms with Gasteiger partial charge in [0, 0.05) is 6.42 Å². The number of hydrogen-bond donors (Lipinski definition) is 3. The van der Waals surface area contributed by atoms with Gasteiger partial charge in [0.15, 0.2) is 0 Å². The maximum Gasteiger partial charge on any atom is 0.220 e. The lowest BCUT2D eigenvalue weighted by Crippen LogP contribution is -2.45. The number of amides is 1. The Morgan fingerprint density at radius 3 is 1.07 bits per heavy atom. The van der Waals surface area contributed by atoms with Crippen LogP contribution in [-0.4, -0.2) is 34.9 Å². The first kappa shape index (κ1) is 52.9. The Bertz CT molecular complexity index is 780. The van der Waals surface area contributed by atoms with E-state index in [2.05, 4.69) is 31.3 Å². The van der Waals surface area contributed by atoms with Crippen molar-refractivity contribution in [2.75, 3.05) is 6.61 Å². The number of carbonyl (C=O) groups excluding carboxylic acids is 1. The normalized spacial score (nSPS) is 13.0. The number of hydrogen-bond acceptors (Lipinski definition) is 3. The van der Waals surface area contributed by atoms with Crippen molar-refractivity contribution >= 4 is 5.91 Å². The molecule has 4 nitrogen and oxygen atoms in total. The van der Waals surface area contributed by atoms with Crippen LogP contribution in [0, 0.1) is 0 Å². The van der Waals surface area contributed by atoms with Gasteiger partial charge in [0.2, 0.25) is 5.91 Å². The molecule has 0 aromatic rings. The van der Waals surface area contributed by atoms with Crippen LogP contribution < -0.4 is 5.32 Å². The number of aliphatic hydroxyl groups is 2. The molecule has 1 amide bonds. The van der Waals surface area contributed by atoms with E-state index in [4.69, 9.17) is 0 Å². The molecule has 0 aromatic carbocycles. The van der Waals surface area contributed by atoms with Crippen molar-refractivity contribution < 1.29 is 15.0 Å². The van der Waals surface area contributed by atoms with Crippen LogP contribution in [0.2, 0.25) is 0 Å². The average Bonchev–Trinajstić information content (AvgIpc) is 3.18. The Hall–Kier alpha value is -1.13. The van der Waals surface area contributed by atoms with Gasteiger partial charge in [-0.05, 0) is 32.1 Å². The summed E-state index contributed by atoms with van der Waals surface area (Å²) in [5.41, 5.74) is 0. The van der Waals surface area contributed by atoms with Gasteiger partial charge in [-0.1, -0.05) is 256 Å². The number of nitrogens with one attached hydrogen (secondary N) is 1. The first-order valence-corrected chi connectivity index (χ1v) is 24.6. The minimum atomic E-state index is -0.856. The maximum atomic E-state index is 12.4. The zero-order chi connectivity index (χ0) is 39.3. The van der Waals surface area contributed by atoms with Gasteiger partial charge in [-0.2, -0.15) is 0 Å². The lowest BCUT2D eigenvalue weighted by atomic mass is 10.0. The van der Waals surface area contributed by atoms with Crippen LogP contribution in [0.5, 0.6) is 0 Å². The zero-order valence-electron chi connectivity index (χ0n) is 36.8. The van der Waals surface area contributed by atoms with Crippen molar-refractivity contribution in [2.24, 2.45) is 0 Å². The number of carbonyl (C=O) groups is 1. The van der Waals surface area contributed by atoms with E-state index >= 15 is 0 Å². The highest BCUT2D eigenvalue weighted by Crippen LogP contribution is 2.17. The Balaban J connectivity index is 3.38. The molecule has 0 rings (SSSR count). The molecular weight excluding hydrogens is 663 g/mol. The molecule has 3 N–H and O–H groups in total. The van der Waals surface area contributed by atoms with Gasteiger partial charge in [0.1, 0.15) is 0 Å². The zero-order valence-corrected chi connectivity index (χ0v) is 36.8. The van der Waals surface area contributed by atoms with Crippen LogP contribution in [0.1, 0.15) is 271 Å². The third kappa shape index (κ3) is 42.0. The summed E-state index contributed by atoms with van der Waals surface area (Å²) >= 11 is 0. The number of allylic oxidation sites excluding steroid dienone is 3. The predicted molar refractivity (Wildman–Crippen MR) is 239 cm³/mol. The van der Waals surface area contributed by atoms with Crippen molar-refractivity contribution in [3.05, 3.63) is 24.3 Å². The Morgan fingerprint density at radius 2 is 0.722 bits per heavy atom. The van der Waals surface area contributed by atoms with Crippen LogP contribution in [0.25, 0.3) is 0 Å². The fourth-order valence-electron chi connectivity index (χ4n) is 7.67. The Labute approximate surface area is 339 Å². The fourth-order valence-corrected chi connectivity index (χ4v) is 7.67. The highest BCUT2D eigenvalue weighted by molar-refractivity contribution is 5.76. The summed E-state index contributed by atoms with van der Waals surface area (Å²) in [5, 5.41) is 22.9. The molecule has 0 aromatic heterocycles. The second kappa shape index (κ2) is 46.3. The first-order valence-electron chi connectivity index (χ1n) is 24.6. The van der Waals surface area contributed by atoms with Gasteiger partial charge >= 0.3 is 0 Å². The van der Waals surface area contributed by atoms with Crippen molar-refractivity contribution in [2.45, 2.75) is 283 Å². The Kier molecular flexibility index (Phi) is 45.3. The van der Waals surface area contributed by atoms with Gasteiger partial charge in [0.05, 0.1) is 18.8 Å². The largest absolute Gasteiger partial charge is 0.394 e. The molecule has 0 saturated heterocycles. The summed E-state index contributed by atoms with van der Waals surface area (Å²) in [7, 11) is 0. The van der Waals surface area contributed by atoms with Crippen LogP contribution in [0.3, 0.4) is 0 Å². The lowest BCUT2D eigenvalue weighted by molar-refractivity contribution is -0.123. The molecule has 4 heteroatoms. The van der Waals surface area contributed by atoms with E-state index in [1.54, 1.807) is 6.08 Å². The van der Waals surface area contributed by atoms with Gasteiger partial charge in [-0.3, -0.25) is 4.79 Å². The van der Waals surface area contributed by atoms with Crippen LogP contribution in [-0.2, 0) is 4.79 Å². The molecule has 54 heavy (non-hydrogen) atoms. The van der Waals surface area contributed by atoms with Gasteiger partial charge in [-0.25, -0.2) is 0 Å². The number of aliphatic hydroxyl groups excluding tert-OH is 2. The quantitative estimate of drug-likeness (QED) is 0.0428. The summed E-state index contributed by atoms with van der Waals surface area (Å²) in [4.78, 5) is 12.4. The average molecular weight is 760 g/mol. The molecule has 2 atom stereocenters. The summed E-state index contributed by atoms with van der Waals surface area (Å²) in [6.45, 7) is 4.28. The molecule has 0 radical (unpaired) electrons. The van der Waals surface area contributed by atoms with E-state index in [1.165, 1.54) is 218 Å². The third-order valence-corrected chi connectivity index (χ3v) is 11.4. The van der Waals surface area contributed by atoms with Gasteiger partial charge in [0.25, 0.3) is 0 Å². The second-order valence-electron chi connectivity index (χ2n) is 16.9. The van der Waals surface area contributed by atoms with Gasteiger partial charge < -0.3 is 15.5 Å². The standard InChI is InChI=1S/C50H97NO3/c1-3-5-7-9-11-13-15-16-17-18-19-20-21-22-23-24-25-26-27-28-29-30-31-32-33-34-35-36-38-40-42-44-46-50(54)51-48(47-52)49(53)45-43-41-39-37-14-12-10-8-6-4-2/h14,37,43,45,48-49,52-53H,3-13,15-36,38-42,44,46-47H2,1-2H3,(H,51,54)/b37-14+,45-43+. The van der Waals surface area contributed by atoms with Crippen molar-refractivity contribution in [1.29, 1.82) is 0 Å². The third-order valence-electron chi connectivity index (χ3n) is 11.4. The molecule has 0 aliphatic heterocycles. The molecule has 2 unspecified atom stereocenters. The van der Waals surface area contributed by atoms with E-state index in [0.29, 0.717) is 6.42 Å². The van der Waals surface area contributed by atoms with Crippen LogP contribution >= 0.6 is 0 Å². The monoisotopic (exact) mass is 760 g/mol. The molecule has 320 valence electrons. The van der Waals surface area contributed by atoms with Crippen molar-refractivity contribution in [3.63, 3.8) is 0 Å². The highest BCUT2D eigenvalue weighted by Gasteiger charge is 2.17. The number of rotatable bonds is 45. The van der Waals surface area contributed by atoms with Crippen molar-refractivity contribution in [1.82, 2.24) is 5.32 Å². The van der Waals surface area contributed by atoms with Crippen LogP contribution in [0.15, 0.2) is 24.3 Å². The predicted octanol–water partition coefficient (Wildman–Crippen LogP) is 15.6. The molecule has 0 spiro atoms. The fraction of sp³-hybridized carbons (Fsp3) is 0.900. The minimum absolute atomic E-state index is 0.0712. The van der Waals surface area contributed by atoms with E-state index in [-0.39, 0.29) is 12.5 Å². The van der Waals surface area contributed by atoms with Crippen molar-refractivity contribution in [3.8, 4) is 0 Å². The highest BCUT2D eigenvalue weighted by atomic mass is 16.3. The molecule has 0 fully saturated rings.